The van der Waals surface area contributed by atoms with E-state index in [1.807, 2.05) is 12.1 Å². The molecule has 1 aromatic carbocycles. The van der Waals surface area contributed by atoms with E-state index in [1.165, 1.54) is 5.56 Å². The number of benzene rings is 1. The Morgan fingerprint density at radius 2 is 2.00 bits per heavy atom. The molecule has 1 heterocycles. The Balaban J connectivity index is 1.70. The van der Waals surface area contributed by atoms with Crippen LogP contribution >= 0.6 is 0 Å². The molecule has 1 amide bonds. The average Bonchev–Trinajstić information content (AvgIpc) is 3.22. The van der Waals surface area contributed by atoms with Crippen LogP contribution in [0.15, 0.2) is 18.2 Å². The third-order valence-corrected chi connectivity index (χ3v) is 4.45. The molecule has 1 aromatic rings. The lowest BCUT2D eigenvalue weighted by Crippen LogP contribution is -2.37. The van der Waals surface area contributed by atoms with Crippen molar-refractivity contribution in [3.05, 3.63) is 23.8 Å². The van der Waals surface area contributed by atoms with Gasteiger partial charge < -0.3 is 14.8 Å². The van der Waals surface area contributed by atoms with E-state index in [-0.39, 0.29) is 11.9 Å². The predicted octanol–water partition coefficient (Wildman–Crippen LogP) is 2.12. The summed E-state index contributed by atoms with van der Waals surface area (Å²) in [7, 11) is 3.29. The molecule has 5 heteroatoms. The molecule has 5 nitrogen and oxygen atoms in total. The van der Waals surface area contributed by atoms with Gasteiger partial charge in [-0.05, 0) is 49.9 Å². The van der Waals surface area contributed by atoms with E-state index < -0.39 is 0 Å². The van der Waals surface area contributed by atoms with Gasteiger partial charge in [-0.25, -0.2) is 0 Å². The maximum Gasteiger partial charge on any atom is 0.234 e. The van der Waals surface area contributed by atoms with Crippen molar-refractivity contribution in [2.24, 2.45) is 0 Å². The van der Waals surface area contributed by atoms with E-state index >= 15 is 0 Å². The fourth-order valence-electron chi connectivity index (χ4n) is 3.14. The molecule has 2 aliphatic rings. The van der Waals surface area contributed by atoms with Gasteiger partial charge in [0, 0.05) is 12.1 Å². The van der Waals surface area contributed by atoms with Crippen molar-refractivity contribution in [3.8, 4) is 11.5 Å². The summed E-state index contributed by atoms with van der Waals surface area (Å²) < 4.78 is 10.7. The van der Waals surface area contributed by atoms with E-state index in [4.69, 9.17) is 9.47 Å². The fraction of sp³-hybridized carbons (Fsp3) is 0.588. The van der Waals surface area contributed by atoms with Gasteiger partial charge in [0.15, 0.2) is 11.5 Å². The van der Waals surface area contributed by atoms with Crippen molar-refractivity contribution >= 4 is 5.91 Å². The predicted molar refractivity (Wildman–Crippen MR) is 84.3 cm³/mol. The van der Waals surface area contributed by atoms with Gasteiger partial charge in [0.25, 0.3) is 0 Å². The van der Waals surface area contributed by atoms with Gasteiger partial charge in [-0.3, -0.25) is 9.69 Å². The molecular formula is C17H24N2O3. The second kappa shape index (κ2) is 6.57. The molecule has 0 bridgehead atoms. The van der Waals surface area contributed by atoms with Crippen LogP contribution in [-0.2, 0) is 4.79 Å². The third-order valence-electron chi connectivity index (χ3n) is 4.45. The van der Waals surface area contributed by atoms with Crippen LogP contribution in [0.4, 0.5) is 0 Å². The van der Waals surface area contributed by atoms with Gasteiger partial charge >= 0.3 is 0 Å². The summed E-state index contributed by atoms with van der Waals surface area (Å²) in [5.41, 5.74) is 1.19. The van der Waals surface area contributed by atoms with Crippen LogP contribution in [0, 0.1) is 0 Å². The second-order valence-corrected chi connectivity index (χ2v) is 6.08. The quantitative estimate of drug-likeness (QED) is 0.874. The number of carbonyl (C=O) groups excluding carboxylic acids is 1. The van der Waals surface area contributed by atoms with Crippen LogP contribution in [0.3, 0.4) is 0 Å². The third kappa shape index (κ3) is 3.35. The highest BCUT2D eigenvalue weighted by Crippen LogP contribution is 2.36. The van der Waals surface area contributed by atoms with E-state index in [2.05, 4.69) is 16.3 Å². The van der Waals surface area contributed by atoms with Gasteiger partial charge in [0.2, 0.25) is 5.91 Å². The Bertz CT molecular complexity index is 543. The molecule has 1 saturated carbocycles. The number of nitrogens with one attached hydrogen (secondary N) is 1. The smallest absolute Gasteiger partial charge is 0.234 e. The van der Waals surface area contributed by atoms with Crippen molar-refractivity contribution in [2.45, 2.75) is 37.8 Å². The molecule has 0 aromatic heterocycles. The lowest BCUT2D eigenvalue weighted by atomic mass is 10.0. The van der Waals surface area contributed by atoms with E-state index in [0.29, 0.717) is 12.6 Å². The molecule has 22 heavy (non-hydrogen) atoms. The van der Waals surface area contributed by atoms with Crippen LogP contribution in [-0.4, -0.2) is 44.2 Å². The largest absolute Gasteiger partial charge is 0.493 e. The normalized spacial score (nSPS) is 21.6. The molecule has 0 unspecified atom stereocenters. The average molecular weight is 304 g/mol. The number of hydrogen-bond donors (Lipinski definition) is 1. The lowest BCUT2D eigenvalue weighted by Gasteiger charge is -2.25. The van der Waals surface area contributed by atoms with Gasteiger partial charge in [0.1, 0.15) is 0 Å². The zero-order valence-corrected chi connectivity index (χ0v) is 13.3. The lowest BCUT2D eigenvalue weighted by molar-refractivity contribution is -0.122. The van der Waals surface area contributed by atoms with Crippen LogP contribution < -0.4 is 14.8 Å². The number of hydrogen-bond acceptors (Lipinski definition) is 4. The highest BCUT2D eigenvalue weighted by molar-refractivity contribution is 5.78. The molecule has 120 valence electrons. The Hall–Kier alpha value is -1.75. The van der Waals surface area contributed by atoms with Gasteiger partial charge in [-0.15, -0.1) is 0 Å². The minimum atomic E-state index is 0.148. The van der Waals surface area contributed by atoms with Crippen molar-refractivity contribution in [2.75, 3.05) is 27.3 Å². The molecule has 0 radical (unpaired) electrons. The summed E-state index contributed by atoms with van der Waals surface area (Å²) in [5.74, 6) is 1.63. The summed E-state index contributed by atoms with van der Waals surface area (Å²) in [6, 6.07) is 6.75. The zero-order chi connectivity index (χ0) is 15.5. The number of nitrogens with zero attached hydrogens (tertiary/aromatic N) is 1. The molecule has 1 aliphatic heterocycles. The van der Waals surface area contributed by atoms with Crippen LogP contribution in [0.25, 0.3) is 0 Å². The molecule has 2 fully saturated rings. The summed E-state index contributed by atoms with van der Waals surface area (Å²) in [5, 5.41) is 3.07. The topological polar surface area (TPSA) is 50.8 Å². The zero-order valence-electron chi connectivity index (χ0n) is 13.3. The molecule has 0 spiro atoms. The maximum atomic E-state index is 12.1. The van der Waals surface area contributed by atoms with Crippen LogP contribution in [0.5, 0.6) is 11.5 Å². The van der Waals surface area contributed by atoms with E-state index in [0.717, 1.165) is 43.7 Å². The number of ether oxygens (including phenoxy) is 2. The molecule has 1 saturated heterocycles. The Morgan fingerprint density at radius 3 is 2.68 bits per heavy atom. The summed E-state index contributed by atoms with van der Waals surface area (Å²) in [6.07, 6.45) is 4.46. The molecule has 1 atom stereocenters. The second-order valence-electron chi connectivity index (χ2n) is 6.08. The number of carbonyl (C=O) groups is 1. The number of methoxy groups -OCH3 is 2. The maximum absolute atomic E-state index is 12.1. The van der Waals surface area contributed by atoms with Crippen molar-refractivity contribution in [1.82, 2.24) is 10.2 Å². The standard InChI is InChI=1S/C17H24N2O3/c1-21-15-8-5-12(10-16(15)22-2)14-4-3-9-19(14)11-17(20)18-13-6-7-13/h5,8,10,13-14H,3-4,6-7,9,11H2,1-2H3,(H,18,20)/t14-/m0/s1. The summed E-state index contributed by atoms with van der Waals surface area (Å²) in [6.45, 7) is 1.45. The monoisotopic (exact) mass is 304 g/mol. The van der Waals surface area contributed by atoms with Gasteiger partial charge in [-0.1, -0.05) is 6.07 Å². The number of rotatable bonds is 6. The first-order valence-electron chi connectivity index (χ1n) is 7.96. The highest BCUT2D eigenvalue weighted by Gasteiger charge is 2.30. The fourth-order valence-corrected chi connectivity index (χ4v) is 3.14. The van der Waals surface area contributed by atoms with Gasteiger partial charge in [-0.2, -0.15) is 0 Å². The molecule has 3 rings (SSSR count). The first kappa shape index (κ1) is 15.2. The highest BCUT2D eigenvalue weighted by atomic mass is 16.5. The molecular weight excluding hydrogens is 280 g/mol. The van der Waals surface area contributed by atoms with Crippen molar-refractivity contribution in [3.63, 3.8) is 0 Å². The summed E-state index contributed by atoms with van der Waals surface area (Å²) in [4.78, 5) is 14.3. The van der Waals surface area contributed by atoms with Crippen LogP contribution in [0.2, 0.25) is 0 Å². The number of likely N-dealkylation sites (tertiary alicyclic amines) is 1. The number of amides is 1. The van der Waals surface area contributed by atoms with Gasteiger partial charge in [0.05, 0.1) is 20.8 Å². The summed E-state index contributed by atoms with van der Waals surface area (Å²) >= 11 is 0. The molecule has 1 N–H and O–H groups in total. The Kier molecular flexibility index (Phi) is 4.52. The Labute approximate surface area is 131 Å². The minimum Gasteiger partial charge on any atom is -0.493 e. The van der Waals surface area contributed by atoms with Crippen molar-refractivity contribution < 1.29 is 14.3 Å². The molecule has 1 aliphatic carbocycles. The van der Waals surface area contributed by atoms with Crippen LogP contribution in [0.1, 0.15) is 37.3 Å². The first-order valence-corrected chi connectivity index (χ1v) is 7.96. The van der Waals surface area contributed by atoms with E-state index in [1.54, 1.807) is 14.2 Å². The van der Waals surface area contributed by atoms with E-state index in [9.17, 15) is 4.79 Å². The SMILES string of the molecule is COc1ccc([C@@H]2CCCN2CC(=O)NC2CC2)cc1OC. The Morgan fingerprint density at radius 1 is 1.23 bits per heavy atom. The first-order chi connectivity index (χ1) is 10.7. The minimum absolute atomic E-state index is 0.148. The van der Waals surface area contributed by atoms with Crippen molar-refractivity contribution in [1.29, 1.82) is 0 Å².